The van der Waals surface area contributed by atoms with Crippen LogP contribution in [-0.2, 0) is 16.2 Å². The monoisotopic (exact) mass is 574 g/mol. The number of nitrogens with two attached hydrogens (primary N) is 1. The SMILES string of the molecule is CC(C)(C)CC(=O)O/N=C(\N)c1ccc2nc(Nc3cc(CN4CCN(c5ccccc5Cl)CC4)ccn3)[nH]c2c1. The smallest absolute Gasteiger partial charge is 0.335 e. The maximum absolute atomic E-state index is 12.0. The summed E-state index contributed by atoms with van der Waals surface area (Å²) in [6.07, 6.45) is 2.05. The van der Waals surface area contributed by atoms with Crippen molar-refractivity contribution in [2.45, 2.75) is 33.7 Å². The summed E-state index contributed by atoms with van der Waals surface area (Å²) in [5, 5.41) is 7.87. The molecular formula is C30H35ClN8O2. The fourth-order valence-corrected chi connectivity index (χ4v) is 4.98. The lowest BCUT2D eigenvalue weighted by Crippen LogP contribution is -2.46. The Labute approximate surface area is 244 Å². The number of nitrogens with zero attached hydrogens (tertiary/aromatic N) is 5. The fraction of sp³-hybridized carbons (Fsp3) is 0.333. The van der Waals surface area contributed by atoms with Crippen molar-refractivity contribution in [2.75, 3.05) is 36.4 Å². The van der Waals surface area contributed by atoms with E-state index >= 15 is 0 Å². The van der Waals surface area contributed by atoms with Gasteiger partial charge in [-0.1, -0.05) is 49.7 Å². The number of para-hydroxylation sites is 1. The number of pyridine rings is 1. The van der Waals surface area contributed by atoms with E-state index in [9.17, 15) is 4.79 Å². The number of hydrogen-bond donors (Lipinski definition) is 3. The predicted molar refractivity (Wildman–Crippen MR) is 163 cm³/mol. The summed E-state index contributed by atoms with van der Waals surface area (Å²) in [5.74, 6) is 0.939. The number of H-pyrrole nitrogens is 1. The first-order chi connectivity index (χ1) is 19.6. The van der Waals surface area contributed by atoms with E-state index in [0.29, 0.717) is 17.3 Å². The molecule has 1 saturated heterocycles. The van der Waals surface area contributed by atoms with Crippen molar-refractivity contribution >= 4 is 51.9 Å². The normalized spacial score (nSPS) is 14.8. The van der Waals surface area contributed by atoms with Crippen molar-refractivity contribution in [3.05, 3.63) is 76.9 Å². The van der Waals surface area contributed by atoms with Crippen LogP contribution in [0.4, 0.5) is 17.5 Å². The molecule has 4 N–H and O–H groups in total. The fourth-order valence-electron chi connectivity index (χ4n) is 4.72. The zero-order valence-corrected chi connectivity index (χ0v) is 24.3. The summed E-state index contributed by atoms with van der Waals surface area (Å²) in [4.78, 5) is 34.1. The van der Waals surface area contributed by atoms with Gasteiger partial charge >= 0.3 is 5.97 Å². The van der Waals surface area contributed by atoms with Gasteiger partial charge in [0.15, 0.2) is 5.84 Å². The first-order valence-electron chi connectivity index (χ1n) is 13.6. The Hall–Kier alpha value is -4.15. The maximum Gasteiger partial charge on any atom is 0.335 e. The van der Waals surface area contributed by atoms with E-state index in [-0.39, 0.29) is 17.7 Å². The van der Waals surface area contributed by atoms with Crippen molar-refractivity contribution in [3.8, 4) is 0 Å². The second-order valence-corrected chi connectivity index (χ2v) is 11.8. The van der Waals surface area contributed by atoms with Gasteiger partial charge in [-0.25, -0.2) is 14.8 Å². The molecule has 0 radical (unpaired) electrons. The van der Waals surface area contributed by atoms with Crippen LogP contribution in [0.5, 0.6) is 0 Å². The highest BCUT2D eigenvalue weighted by Gasteiger charge is 2.20. The third kappa shape index (κ3) is 7.53. The topological polar surface area (TPSA) is 125 Å². The molecule has 41 heavy (non-hydrogen) atoms. The predicted octanol–water partition coefficient (Wildman–Crippen LogP) is 5.28. The number of imidazole rings is 1. The molecule has 4 aromatic rings. The van der Waals surface area contributed by atoms with Crippen LogP contribution >= 0.6 is 11.6 Å². The van der Waals surface area contributed by atoms with Crippen molar-refractivity contribution in [2.24, 2.45) is 16.3 Å². The van der Waals surface area contributed by atoms with E-state index in [1.807, 2.05) is 63.2 Å². The van der Waals surface area contributed by atoms with Crippen molar-refractivity contribution in [3.63, 3.8) is 0 Å². The largest absolute Gasteiger partial charge is 0.380 e. The highest BCUT2D eigenvalue weighted by atomic mass is 35.5. The summed E-state index contributed by atoms with van der Waals surface area (Å²) in [6, 6.07) is 17.5. The lowest BCUT2D eigenvalue weighted by atomic mass is 9.93. The van der Waals surface area contributed by atoms with Crippen LogP contribution in [0.15, 0.2) is 65.9 Å². The number of hydrogen-bond acceptors (Lipinski definition) is 8. The highest BCUT2D eigenvalue weighted by molar-refractivity contribution is 6.33. The molecule has 0 atom stereocenters. The molecule has 0 unspecified atom stereocenters. The van der Waals surface area contributed by atoms with Gasteiger partial charge in [0, 0.05) is 44.5 Å². The third-order valence-corrected chi connectivity index (χ3v) is 7.06. The summed E-state index contributed by atoms with van der Waals surface area (Å²) in [7, 11) is 0. The van der Waals surface area contributed by atoms with E-state index in [1.165, 1.54) is 0 Å². The number of oxime groups is 1. The number of fused-ring (bicyclic) bond motifs is 1. The lowest BCUT2D eigenvalue weighted by molar-refractivity contribution is -0.145. The van der Waals surface area contributed by atoms with Crippen molar-refractivity contribution in [1.29, 1.82) is 0 Å². The number of aromatic amines is 1. The number of halogens is 1. The Morgan fingerprint density at radius 2 is 1.90 bits per heavy atom. The molecule has 0 saturated carbocycles. The van der Waals surface area contributed by atoms with E-state index in [1.54, 1.807) is 12.3 Å². The van der Waals surface area contributed by atoms with E-state index in [0.717, 1.165) is 60.0 Å². The Kier molecular flexibility index (Phi) is 8.41. The molecule has 0 amide bonds. The maximum atomic E-state index is 12.0. The Morgan fingerprint density at radius 1 is 1.12 bits per heavy atom. The van der Waals surface area contributed by atoms with Crippen molar-refractivity contribution in [1.82, 2.24) is 19.9 Å². The van der Waals surface area contributed by atoms with Gasteiger partial charge in [0.2, 0.25) is 5.95 Å². The molecule has 1 fully saturated rings. The van der Waals surface area contributed by atoms with Crippen LogP contribution in [0.2, 0.25) is 5.02 Å². The zero-order chi connectivity index (χ0) is 29.0. The number of aromatic nitrogens is 3. The van der Waals surface area contributed by atoms with Gasteiger partial charge in [-0.2, -0.15) is 0 Å². The van der Waals surface area contributed by atoms with Crippen LogP contribution in [0.25, 0.3) is 11.0 Å². The molecule has 11 heteroatoms. The standard InChI is InChI=1S/C30H35ClN8O2/c1-30(2,3)18-27(40)41-37-28(32)21-8-9-23-24(17-21)35-29(34-23)36-26-16-20(10-11-33-26)19-38-12-14-39(15-13-38)25-7-5-4-6-22(25)31/h4-11,16-17H,12-15,18-19H2,1-3H3,(H2,32,37)(H2,33,34,35,36). The average molecular weight is 575 g/mol. The summed E-state index contributed by atoms with van der Waals surface area (Å²) in [6.45, 7) is 10.4. The van der Waals surface area contributed by atoms with E-state index in [4.69, 9.17) is 22.2 Å². The van der Waals surface area contributed by atoms with Crippen LogP contribution < -0.4 is 16.0 Å². The van der Waals surface area contributed by atoms with E-state index < -0.39 is 5.97 Å². The summed E-state index contributed by atoms with van der Waals surface area (Å²) < 4.78 is 0. The number of nitrogens with one attached hydrogen (secondary N) is 2. The van der Waals surface area contributed by atoms with Gasteiger partial charge in [-0.3, -0.25) is 4.90 Å². The van der Waals surface area contributed by atoms with Crippen molar-refractivity contribution < 1.29 is 9.63 Å². The number of amidine groups is 1. The number of piperazine rings is 1. The Bertz CT molecular complexity index is 1550. The minimum atomic E-state index is -0.427. The minimum absolute atomic E-state index is 0.111. The first-order valence-corrected chi connectivity index (χ1v) is 14.0. The molecule has 3 heterocycles. The van der Waals surface area contributed by atoms with Gasteiger partial charge in [-0.15, -0.1) is 0 Å². The third-order valence-electron chi connectivity index (χ3n) is 6.74. The molecule has 2 aromatic heterocycles. The second kappa shape index (κ2) is 12.2. The Morgan fingerprint density at radius 3 is 2.66 bits per heavy atom. The van der Waals surface area contributed by atoms with Gasteiger partial charge in [-0.05, 0) is 53.4 Å². The Balaban J connectivity index is 1.19. The first kappa shape index (κ1) is 28.4. The zero-order valence-electron chi connectivity index (χ0n) is 23.5. The van der Waals surface area contributed by atoms with E-state index in [2.05, 4.69) is 41.3 Å². The molecule has 1 aliphatic rings. The van der Waals surface area contributed by atoms with Crippen LogP contribution in [-0.4, -0.2) is 57.8 Å². The average Bonchev–Trinajstić information content (AvgIpc) is 3.33. The van der Waals surface area contributed by atoms with Crippen LogP contribution in [0.1, 0.15) is 38.3 Å². The molecule has 1 aliphatic heterocycles. The molecule has 0 spiro atoms. The molecular weight excluding hydrogens is 540 g/mol. The second-order valence-electron chi connectivity index (χ2n) is 11.4. The van der Waals surface area contributed by atoms with Gasteiger partial charge < -0.3 is 25.8 Å². The molecule has 2 aromatic carbocycles. The van der Waals surface area contributed by atoms with Gasteiger partial charge in [0.25, 0.3) is 0 Å². The molecule has 214 valence electrons. The van der Waals surface area contributed by atoms with Gasteiger partial charge in [0.1, 0.15) is 5.82 Å². The van der Waals surface area contributed by atoms with Crippen LogP contribution in [0, 0.1) is 5.41 Å². The minimum Gasteiger partial charge on any atom is -0.380 e. The molecule has 10 nitrogen and oxygen atoms in total. The number of benzene rings is 2. The number of carbonyl (C=O) groups is 1. The quantitative estimate of drug-likeness (QED) is 0.112. The summed E-state index contributed by atoms with van der Waals surface area (Å²) >= 11 is 6.39. The molecule has 0 aliphatic carbocycles. The molecule has 0 bridgehead atoms. The summed E-state index contributed by atoms with van der Waals surface area (Å²) in [5.41, 5.74) is 10.3. The molecule has 5 rings (SSSR count). The number of carbonyl (C=O) groups excluding carboxylic acids is 1. The number of anilines is 3. The lowest BCUT2D eigenvalue weighted by Gasteiger charge is -2.36. The highest BCUT2D eigenvalue weighted by Crippen LogP contribution is 2.26. The number of rotatable bonds is 8. The van der Waals surface area contributed by atoms with Crippen LogP contribution in [0.3, 0.4) is 0 Å². The van der Waals surface area contributed by atoms with Gasteiger partial charge in [0.05, 0.1) is 28.2 Å².